The Morgan fingerprint density at radius 1 is 1.23 bits per heavy atom. The summed E-state index contributed by atoms with van der Waals surface area (Å²) in [5.74, 6) is 2.27. The van der Waals surface area contributed by atoms with E-state index < -0.39 is 0 Å². The largest absolute Gasteiger partial charge is 0.493 e. The van der Waals surface area contributed by atoms with Gasteiger partial charge in [-0.3, -0.25) is 0 Å². The highest BCUT2D eigenvalue weighted by molar-refractivity contribution is 5.91. The molecule has 0 amide bonds. The first-order chi connectivity index (χ1) is 10.7. The number of ether oxygens (including phenoxy) is 3. The summed E-state index contributed by atoms with van der Waals surface area (Å²) in [5, 5.41) is 4.34. The summed E-state index contributed by atoms with van der Waals surface area (Å²) in [5.41, 5.74) is 1.84. The van der Waals surface area contributed by atoms with Crippen molar-refractivity contribution in [2.75, 3.05) is 19.8 Å². The van der Waals surface area contributed by atoms with Crippen molar-refractivity contribution >= 4 is 10.9 Å². The van der Waals surface area contributed by atoms with Crippen LogP contribution in [-0.2, 0) is 6.54 Å². The highest BCUT2D eigenvalue weighted by atomic mass is 16.5. The van der Waals surface area contributed by atoms with Gasteiger partial charge < -0.3 is 19.5 Å². The van der Waals surface area contributed by atoms with Gasteiger partial charge in [0.25, 0.3) is 0 Å². The standard InChI is InChI=1S/C17H22N2O3/c1-4-20-14-6-7-15(21-5-2)16-13(14)8-12-10-18-9-11(3)22-17(12)19-16/h6-8,11,18H,4-5,9-10H2,1-3H3. The summed E-state index contributed by atoms with van der Waals surface area (Å²) in [7, 11) is 0. The van der Waals surface area contributed by atoms with Crippen molar-refractivity contribution in [3.05, 3.63) is 23.8 Å². The third-order valence-electron chi connectivity index (χ3n) is 3.61. The molecular formula is C17H22N2O3. The topological polar surface area (TPSA) is 52.6 Å². The Hall–Kier alpha value is -2.01. The van der Waals surface area contributed by atoms with Crippen LogP contribution in [0.15, 0.2) is 18.2 Å². The molecule has 0 spiro atoms. The Balaban J connectivity index is 2.18. The number of benzene rings is 1. The van der Waals surface area contributed by atoms with Crippen LogP contribution in [0.4, 0.5) is 0 Å². The quantitative estimate of drug-likeness (QED) is 0.941. The first kappa shape index (κ1) is 14.9. The number of aromatic nitrogens is 1. The Bertz CT molecular complexity index is 672. The minimum absolute atomic E-state index is 0.0943. The molecule has 0 aliphatic carbocycles. The first-order valence-corrected chi connectivity index (χ1v) is 7.82. The van der Waals surface area contributed by atoms with Crippen LogP contribution in [0.3, 0.4) is 0 Å². The second-order valence-electron chi connectivity index (χ2n) is 5.34. The van der Waals surface area contributed by atoms with E-state index in [1.54, 1.807) is 0 Å². The van der Waals surface area contributed by atoms with E-state index in [0.29, 0.717) is 19.1 Å². The average Bonchev–Trinajstić information content (AvgIpc) is 2.68. The lowest BCUT2D eigenvalue weighted by Gasteiger charge is -2.15. The molecule has 0 saturated heterocycles. The minimum Gasteiger partial charge on any atom is -0.493 e. The number of nitrogens with one attached hydrogen (secondary N) is 1. The van der Waals surface area contributed by atoms with Crippen LogP contribution < -0.4 is 19.5 Å². The van der Waals surface area contributed by atoms with E-state index in [1.165, 1.54) is 0 Å². The fraction of sp³-hybridized carbons (Fsp3) is 0.471. The molecule has 22 heavy (non-hydrogen) atoms. The van der Waals surface area contributed by atoms with Gasteiger partial charge in [-0.05, 0) is 39.0 Å². The van der Waals surface area contributed by atoms with Crippen LogP contribution in [0.25, 0.3) is 10.9 Å². The molecule has 1 aliphatic rings. The van der Waals surface area contributed by atoms with E-state index >= 15 is 0 Å². The fourth-order valence-corrected chi connectivity index (χ4v) is 2.66. The van der Waals surface area contributed by atoms with Gasteiger partial charge in [0, 0.05) is 24.0 Å². The number of pyridine rings is 1. The molecule has 1 aliphatic heterocycles. The maximum atomic E-state index is 5.93. The molecule has 118 valence electrons. The molecule has 1 aromatic heterocycles. The number of hydrogen-bond acceptors (Lipinski definition) is 5. The zero-order chi connectivity index (χ0) is 15.5. The van der Waals surface area contributed by atoms with E-state index in [1.807, 2.05) is 32.9 Å². The Morgan fingerprint density at radius 2 is 1.95 bits per heavy atom. The van der Waals surface area contributed by atoms with Crippen molar-refractivity contribution in [1.82, 2.24) is 10.3 Å². The molecule has 3 rings (SSSR count). The Kier molecular flexibility index (Phi) is 4.34. The minimum atomic E-state index is 0.0943. The summed E-state index contributed by atoms with van der Waals surface area (Å²) in [6.45, 7) is 8.75. The van der Waals surface area contributed by atoms with E-state index in [-0.39, 0.29) is 6.10 Å². The molecule has 1 aromatic carbocycles. The summed E-state index contributed by atoms with van der Waals surface area (Å²) < 4.78 is 17.4. The molecule has 5 nitrogen and oxygen atoms in total. The first-order valence-electron chi connectivity index (χ1n) is 7.82. The summed E-state index contributed by atoms with van der Waals surface area (Å²) >= 11 is 0. The van der Waals surface area contributed by atoms with E-state index in [9.17, 15) is 0 Å². The number of hydrogen-bond donors (Lipinski definition) is 1. The van der Waals surface area contributed by atoms with Crippen molar-refractivity contribution < 1.29 is 14.2 Å². The second kappa shape index (κ2) is 6.40. The van der Waals surface area contributed by atoms with Crippen molar-refractivity contribution in [1.29, 1.82) is 0 Å². The van der Waals surface area contributed by atoms with Crippen molar-refractivity contribution in [2.24, 2.45) is 0 Å². The van der Waals surface area contributed by atoms with E-state index in [2.05, 4.69) is 11.4 Å². The van der Waals surface area contributed by atoms with Gasteiger partial charge in [-0.1, -0.05) is 0 Å². The van der Waals surface area contributed by atoms with Crippen molar-refractivity contribution in [3.8, 4) is 17.4 Å². The van der Waals surface area contributed by atoms with E-state index in [4.69, 9.17) is 19.2 Å². The molecule has 1 N–H and O–H groups in total. The molecule has 0 saturated carbocycles. The maximum Gasteiger partial charge on any atom is 0.218 e. The van der Waals surface area contributed by atoms with Gasteiger partial charge in [-0.2, -0.15) is 0 Å². The van der Waals surface area contributed by atoms with Gasteiger partial charge in [-0.25, -0.2) is 4.98 Å². The lowest BCUT2D eigenvalue weighted by atomic mass is 10.1. The number of rotatable bonds is 4. The molecular weight excluding hydrogens is 280 g/mol. The van der Waals surface area contributed by atoms with Crippen LogP contribution in [0, 0.1) is 0 Å². The molecule has 0 fully saturated rings. The lowest BCUT2D eigenvalue weighted by Crippen LogP contribution is -2.25. The van der Waals surface area contributed by atoms with Gasteiger partial charge in [0.15, 0.2) is 0 Å². The monoisotopic (exact) mass is 302 g/mol. The van der Waals surface area contributed by atoms with Crippen LogP contribution in [0.5, 0.6) is 17.4 Å². The molecule has 2 heterocycles. The summed E-state index contributed by atoms with van der Waals surface area (Å²) in [6.07, 6.45) is 0.0943. The molecule has 2 aromatic rings. The maximum absolute atomic E-state index is 5.93. The van der Waals surface area contributed by atoms with Gasteiger partial charge in [0.1, 0.15) is 23.1 Å². The normalized spacial score (nSPS) is 17.5. The predicted molar refractivity (Wildman–Crippen MR) is 85.9 cm³/mol. The van der Waals surface area contributed by atoms with Crippen LogP contribution in [-0.4, -0.2) is 30.8 Å². The molecule has 0 bridgehead atoms. The van der Waals surface area contributed by atoms with Crippen molar-refractivity contribution in [3.63, 3.8) is 0 Å². The van der Waals surface area contributed by atoms with Gasteiger partial charge in [-0.15, -0.1) is 0 Å². The predicted octanol–water partition coefficient (Wildman–Crippen LogP) is 2.90. The van der Waals surface area contributed by atoms with Gasteiger partial charge in [0.05, 0.1) is 13.2 Å². The van der Waals surface area contributed by atoms with E-state index in [0.717, 1.165) is 41.1 Å². The van der Waals surface area contributed by atoms with Gasteiger partial charge >= 0.3 is 0 Å². The molecule has 0 radical (unpaired) electrons. The zero-order valence-corrected chi connectivity index (χ0v) is 13.3. The lowest BCUT2D eigenvalue weighted by molar-refractivity contribution is 0.218. The number of fused-ring (bicyclic) bond motifs is 2. The molecule has 1 unspecified atom stereocenters. The van der Waals surface area contributed by atoms with Gasteiger partial charge in [0.2, 0.25) is 5.88 Å². The number of nitrogens with zero attached hydrogens (tertiary/aromatic N) is 1. The van der Waals surface area contributed by atoms with Crippen LogP contribution in [0.1, 0.15) is 26.3 Å². The summed E-state index contributed by atoms with van der Waals surface area (Å²) in [6, 6.07) is 5.95. The van der Waals surface area contributed by atoms with Crippen LogP contribution in [0.2, 0.25) is 0 Å². The highest BCUT2D eigenvalue weighted by Crippen LogP contribution is 2.36. The van der Waals surface area contributed by atoms with Crippen molar-refractivity contribution in [2.45, 2.75) is 33.4 Å². The highest BCUT2D eigenvalue weighted by Gasteiger charge is 2.19. The Labute approximate surface area is 130 Å². The third kappa shape index (κ3) is 2.81. The smallest absolute Gasteiger partial charge is 0.218 e. The van der Waals surface area contributed by atoms with Crippen LogP contribution >= 0.6 is 0 Å². The second-order valence-corrected chi connectivity index (χ2v) is 5.34. The Morgan fingerprint density at radius 3 is 2.73 bits per heavy atom. The SMILES string of the molecule is CCOc1ccc(OCC)c2nc3c(cc12)CNCC(C)O3. The average molecular weight is 302 g/mol. The fourth-order valence-electron chi connectivity index (χ4n) is 2.66. The third-order valence-corrected chi connectivity index (χ3v) is 3.61. The molecule has 5 heteroatoms. The summed E-state index contributed by atoms with van der Waals surface area (Å²) in [4.78, 5) is 4.72. The zero-order valence-electron chi connectivity index (χ0n) is 13.3. The molecule has 1 atom stereocenters.